The Hall–Kier alpha value is -1.85. The number of amides is 1. The average molecular weight is 334 g/mol. The van der Waals surface area contributed by atoms with E-state index in [2.05, 4.69) is 10.4 Å². The summed E-state index contributed by atoms with van der Waals surface area (Å²) in [6.45, 7) is 3.34. The Morgan fingerprint density at radius 3 is 3.09 bits per heavy atom. The first-order chi connectivity index (χ1) is 11.2. The summed E-state index contributed by atoms with van der Waals surface area (Å²) >= 11 is 6.05. The van der Waals surface area contributed by atoms with Crippen molar-refractivity contribution >= 4 is 17.5 Å². The van der Waals surface area contributed by atoms with Gasteiger partial charge in [0.15, 0.2) is 0 Å². The third-order valence-corrected chi connectivity index (χ3v) is 4.25. The van der Waals surface area contributed by atoms with Crippen LogP contribution in [0.3, 0.4) is 0 Å². The third-order valence-electron chi connectivity index (χ3n) is 4.02. The predicted octanol–water partition coefficient (Wildman–Crippen LogP) is 3.00. The minimum absolute atomic E-state index is 0.106. The maximum atomic E-state index is 12.4. The molecule has 1 unspecified atom stereocenters. The molecule has 1 atom stereocenters. The molecule has 1 N–H and O–H groups in total. The topological polar surface area (TPSA) is 56.1 Å². The molecule has 2 heterocycles. The maximum absolute atomic E-state index is 12.4. The van der Waals surface area contributed by atoms with Gasteiger partial charge in [0.1, 0.15) is 0 Å². The second-order valence-electron chi connectivity index (χ2n) is 5.60. The Morgan fingerprint density at radius 1 is 1.52 bits per heavy atom. The number of hydrogen-bond donors (Lipinski definition) is 1. The van der Waals surface area contributed by atoms with Gasteiger partial charge in [-0.05, 0) is 37.5 Å². The number of nitrogens with one attached hydrogen (secondary N) is 1. The first-order valence-electron chi connectivity index (χ1n) is 7.91. The highest BCUT2D eigenvalue weighted by molar-refractivity contribution is 6.30. The van der Waals surface area contributed by atoms with Crippen LogP contribution >= 0.6 is 11.6 Å². The molecular formula is C17H20ClN3O2. The van der Waals surface area contributed by atoms with E-state index in [9.17, 15) is 4.79 Å². The minimum Gasteiger partial charge on any atom is -0.376 e. The SMILES string of the molecule is CCc1c(C(=O)NCC2CCCO2)cnn1-c1cccc(Cl)c1. The highest BCUT2D eigenvalue weighted by Gasteiger charge is 2.20. The number of benzene rings is 1. The average Bonchev–Trinajstić information content (AvgIpc) is 3.21. The van der Waals surface area contributed by atoms with Gasteiger partial charge in [0.2, 0.25) is 0 Å². The molecule has 3 rings (SSSR count). The molecule has 0 spiro atoms. The van der Waals surface area contributed by atoms with Crippen LogP contribution < -0.4 is 5.32 Å². The summed E-state index contributed by atoms with van der Waals surface area (Å²) < 4.78 is 7.30. The second-order valence-corrected chi connectivity index (χ2v) is 6.03. The van der Waals surface area contributed by atoms with Gasteiger partial charge in [-0.25, -0.2) is 4.68 Å². The lowest BCUT2D eigenvalue weighted by molar-refractivity contribution is 0.0857. The molecule has 1 amide bonds. The first kappa shape index (κ1) is 16.0. The zero-order valence-corrected chi connectivity index (χ0v) is 13.8. The highest BCUT2D eigenvalue weighted by Crippen LogP contribution is 2.19. The number of nitrogens with zero attached hydrogens (tertiary/aromatic N) is 2. The minimum atomic E-state index is -0.106. The van der Waals surface area contributed by atoms with Gasteiger partial charge >= 0.3 is 0 Å². The van der Waals surface area contributed by atoms with Crippen LogP contribution in [0.25, 0.3) is 5.69 Å². The number of carbonyl (C=O) groups is 1. The van der Waals surface area contributed by atoms with Crippen LogP contribution in [0.1, 0.15) is 35.8 Å². The fourth-order valence-electron chi connectivity index (χ4n) is 2.84. The third kappa shape index (κ3) is 3.57. The molecule has 6 heteroatoms. The van der Waals surface area contributed by atoms with E-state index in [1.165, 1.54) is 0 Å². The van der Waals surface area contributed by atoms with Gasteiger partial charge in [0.25, 0.3) is 5.91 Å². The van der Waals surface area contributed by atoms with Gasteiger partial charge in [-0.2, -0.15) is 5.10 Å². The van der Waals surface area contributed by atoms with Crippen molar-refractivity contribution in [3.8, 4) is 5.69 Å². The van der Waals surface area contributed by atoms with Gasteiger partial charge in [-0.1, -0.05) is 24.6 Å². The van der Waals surface area contributed by atoms with Crippen LogP contribution in [-0.4, -0.2) is 34.9 Å². The van der Waals surface area contributed by atoms with E-state index >= 15 is 0 Å². The van der Waals surface area contributed by atoms with Crippen molar-refractivity contribution in [2.45, 2.75) is 32.3 Å². The van der Waals surface area contributed by atoms with Gasteiger partial charge in [-0.3, -0.25) is 4.79 Å². The molecule has 0 bridgehead atoms. The largest absolute Gasteiger partial charge is 0.376 e. The van der Waals surface area contributed by atoms with E-state index in [1.807, 2.05) is 31.2 Å². The van der Waals surface area contributed by atoms with Crippen molar-refractivity contribution in [1.82, 2.24) is 15.1 Å². The number of rotatable bonds is 5. The normalized spacial score (nSPS) is 17.4. The summed E-state index contributed by atoms with van der Waals surface area (Å²) in [6, 6.07) is 7.44. The van der Waals surface area contributed by atoms with E-state index in [0.717, 1.165) is 30.8 Å². The van der Waals surface area contributed by atoms with E-state index < -0.39 is 0 Å². The van der Waals surface area contributed by atoms with Crippen LogP contribution in [0.15, 0.2) is 30.5 Å². The van der Waals surface area contributed by atoms with Crippen LogP contribution in [0.2, 0.25) is 5.02 Å². The van der Waals surface area contributed by atoms with Crippen molar-refractivity contribution in [2.75, 3.05) is 13.2 Å². The number of ether oxygens (including phenoxy) is 1. The summed E-state index contributed by atoms with van der Waals surface area (Å²) in [5, 5.41) is 7.96. The predicted molar refractivity (Wildman–Crippen MR) is 89.3 cm³/mol. The van der Waals surface area contributed by atoms with Crippen LogP contribution in [-0.2, 0) is 11.2 Å². The Balaban J connectivity index is 1.78. The smallest absolute Gasteiger partial charge is 0.254 e. The summed E-state index contributed by atoms with van der Waals surface area (Å²) in [7, 11) is 0. The summed E-state index contributed by atoms with van der Waals surface area (Å²) in [6.07, 6.45) is 4.52. The molecule has 0 radical (unpaired) electrons. The zero-order chi connectivity index (χ0) is 16.2. The fraction of sp³-hybridized carbons (Fsp3) is 0.412. The van der Waals surface area contributed by atoms with Crippen LogP contribution in [0.5, 0.6) is 0 Å². The van der Waals surface area contributed by atoms with Crippen molar-refractivity contribution in [2.24, 2.45) is 0 Å². The lowest BCUT2D eigenvalue weighted by Crippen LogP contribution is -2.32. The Bertz CT molecular complexity index is 693. The molecule has 1 aromatic carbocycles. The summed E-state index contributed by atoms with van der Waals surface area (Å²) in [5.74, 6) is -0.106. The standard InChI is InChI=1S/C17H20ClN3O2/c1-2-16-15(17(22)19-10-14-7-4-8-23-14)11-20-21(16)13-6-3-5-12(18)9-13/h3,5-6,9,11,14H,2,4,7-8,10H2,1H3,(H,19,22). The monoisotopic (exact) mass is 333 g/mol. The number of hydrogen-bond acceptors (Lipinski definition) is 3. The van der Waals surface area contributed by atoms with Crippen LogP contribution in [0, 0.1) is 0 Å². The van der Waals surface area contributed by atoms with E-state index in [1.54, 1.807) is 10.9 Å². The van der Waals surface area contributed by atoms with E-state index in [0.29, 0.717) is 23.6 Å². The van der Waals surface area contributed by atoms with Crippen molar-refractivity contribution < 1.29 is 9.53 Å². The second kappa shape index (κ2) is 7.15. The van der Waals surface area contributed by atoms with Crippen LogP contribution in [0.4, 0.5) is 0 Å². The summed E-state index contributed by atoms with van der Waals surface area (Å²) in [4.78, 5) is 12.4. The molecule has 1 fully saturated rings. The molecule has 1 saturated heterocycles. The molecule has 5 nitrogen and oxygen atoms in total. The van der Waals surface area contributed by atoms with Crippen molar-refractivity contribution in [3.63, 3.8) is 0 Å². The Labute approximate surface area is 140 Å². The van der Waals surface area contributed by atoms with Gasteiger partial charge in [0.05, 0.1) is 29.2 Å². The molecule has 122 valence electrons. The molecule has 0 saturated carbocycles. The molecule has 1 aromatic heterocycles. The molecule has 23 heavy (non-hydrogen) atoms. The molecule has 2 aromatic rings. The first-order valence-corrected chi connectivity index (χ1v) is 8.29. The lowest BCUT2D eigenvalue weighted by Gasteiger charge is -2.11. The number of carbonyl (C=O) groups excluding carboxylic acids is 1. The van der Waals surface area contributed by atoms with Gasteiger partial charge < -0.3 is 10.1 Å². The Morgan fingerprint density at radius 2 is 2.39 bits per heavy atom. The van der Waals surface area contributed by atoms with E-state index in [4.69, 9.17) is 16.3 Å². The van der Waals surface area contributed by atoms with Gasteiger partial charge in [-0.15, -0.1) is 0 Å². The zero-order valence-electron chi connectivity index (χ0n) is 13.1. The van der Waals surface area contributed by atoms with Crippen molar-refractivity contribution in [1.29, 1.82) is 0 Å². The Kier molecular flexibility index (Phi) is 4.98. The highest BCUT2D eigenvalue weighted by atomic mass is 35.5. The molecule has 0 aliphatic carbocycles. The summed E-state index contributed by atoms with van der Waals surface area (Å²) in [5.41, 5.74) is 2.33. The molecule has 1 aliphatic heterocycles. The number of halogens is 1. The van der Waals surface area contributed by atoms with E-state index in [-0.39, 0.29) is 12.0 Å². The maximum Gasteiger partial charge on any atom is 0.254 e. The molecular weight excluding hydrogens is 314 g/mol. The number of aromatic nitrogens is 2. The fourth-order valence-corrected chi connectivity index (χ4v) is 3.03. The lowest BCUT2D eigenvalue weighted by atomic mass is 10.1. The van der Waals surface area contributed by atoms with Gasteiger partial charge in [0, 0.05) is 18.2 Å². The van der Waals surface area contributed by atoms with Crippen molar-refractivity contribution in [3.05, 3.63) is 46.7 Å². The molecule has 1 aliphatic rings. The quantitative estimate of drug-likeness (QED) is 0.915.